The van der Waals surface area contributed by atoms with Crippen LogP contribution in [-0.2, 0) is 11.3 Å². The van der Waals surface area contributed by atoms with Gasteiger partial charge in [0.25, 0.3) is 0 Å². The first kappa shape index (κ1) is 16.7. The summed E-state index contributed by atoms with van der Waals surface area (Å²) >= 11 is 0. The van der Waals surface area contributed by atoms with Gasteiger partial charge in [0.2, 0.25) is 0 Å². The van der Waals surface area contributed by atoms with Crippen LogP contribution < -0.4 is 10.6 Å². The van der Waals surface area contributed by atoms with E-state index in [1.807, 2.05) is 18.2 Å². The lowest BCUT2D eigenvalue weighted by Crippen LogP contribution is -2.50. The highest BCUT2D eigenvalue weighted by Crippen LogP contribution is 2.01. The quantitative estimate of drug-likeness (QED) is 0.878. The zero-order valence-electron chi connectivity index (χ0n) is 9.72. The van der Waals surface area contributed by atoms with Crippen molar-refractivity contribution in [3.63, 3.8) is 0 Å². The number of benzene rings is 1. The van der Waals surface area contributed by atoms with Gasteiger partial charge in [0.05, 0.1) is 13.2 Å². The highest BCUT2D eigenvalue weighted by Gasteiger charge is 2.11. The predicted molar refractivity (Wildman–Crippen MR) is 75.3 cm³/mol. The van der Waals surface area contributed by atoms with Crippen molar-refractivity contribution < 1.29 is 4.74 Å². The fourth-order valence-corrected chi connectivity index (χ4v) is 1.72. The van der Waals surface area contributed by atoms with Crippen LogP contribution in [0.25, 0.3) is 0 Å². The van der Waals surface area contributed by atoms with E-state index in [-0.39, 0.29) is 24.8 Å². The molecule has 1 aromatic rings. The number of piperazine rings is 1. The molecule has 3 nitrogen and oxygen atoms in total. The summed E-state index contributed by atoms with van der Waals surface area (Å²) < 4.78 is 5.66. The van der Waals surface area contributed by atoms with E-state index in [1.54, 1.807) is 0 Å². The van der Waals surface area contributed by atoms with E-state index < -0.39 is 0 Å². The predicted octanol–water partition coefficient (Wildman–Crippen LogP) is 1.61. The molecule has 1 saturated heterocycles. The molecule has 5 heteroatoms. The standard InChI is InChI=1S/C12H18N2O.2ClH/c1-2-4-11(5-3-1)9-15-10-12-8-13-6-7-14-12;;/h1-5,12-14H,6-10H2;2*1H/t12-;;/m1../s1. The second-order valence-electron chi connectivity index (χ2n) is 3.86. The van der Waals surface area contributed by atoms with E-state index in [4.69, 9.17) is 4.74 Å². The van der Waals surface area contributed by atoms with Gasteiger partial charge in [-0.15, -0.1) is 24.8 Å². The molecule has 1 aromatic carbocycles. The first-order valence-corrected chi connectivity index (χ1v) is 5.51. The number of halogens is 2. The molecule has 1 heterocycles. The lowest BCUT2D eigenvalue weighted by Gasteiger charge is -2.24. The van der Waals surface area contributed by atoms with Gasteiger partial charge in [0.15, 0.2) is 0 Å². The minimum absolute atomic E-state index is 0. The summed E-state index contributed by atoms with van der Waals surface area (Å²) in [6.07, 6.45) is 0. The lowest BCUT2D eigenvalue weighted by atomic mass is 10.2. The maximum Gasteiger partial charge on any atom is 0.0717 e. The van der Waals surface area contributed by atoms with E-state index in [2.05, 4.69) is 22.8 Å². The SMILES string of the molecule is Cl.Cl.c1ccc(COC[C@H]2CNCCN2)cc1. The van der Waals surface area contributed by atoms with Gasteiger partial charge >= 0.3 is 0 Å². The topological polar surface area (TPSA) is 33.3 Å². The molecule has 0 spiro atoms. The summed E-state index contributed by atoms with van der Waals surface area (Å²) in [5.74, 6) is 0. The van der Waals surface area contributed by atoms with Crippen molar-refractivity contribution in [2.45, 2.75) is 12.6 Å². The monoisotopic (exact) mass is 278 g/mol. The minimum Gasteiger partial charge on any atom is -0.375 e. The van der Waals surface area contributed by atoms with Crippen LogP contribution in [-0.4, -0.2) is 32.3 Å². The van der Waals surface area contributed by atoms with Crippen molar-refractivity contribution in [1.82, 2.24) is 10.6 Å². The Bertz CT molecular complexity index is 279. The number of hydrogen-bond donors (Lipinski definition) is 2. The Hall–Kier alpha value is -0.320. The molecule has 1 aliphatic heterocycles. The van der Waals surface area contributed by atoms with Gasteiger partial charge in [-0.25, -0.2) is 0 Å². The smallest absolute Gasteiger partial charge is 0.0717 e. The Balaban J connectivity index is 0.00000128. The zero-order chi connectivity index (χ0) is 10.3. The second kappa shape index (κ2) is 9.68. The molecule has 17 heavy (non-hydrogen) atoms. The van der Waals surface area contributed by atoms with Gasteiger partial charge in [-0.2, -0.15) is 0 Å². The fourth-order valence-electron chi connectivity index (χ4n) is 1.72. The van der Waals surface area contributed by atoms with Crippen LogP contribution >= 0.6 is 24.8 Å². The van der Waals surface area contributed by atoms with Gasteiger partial charge < -0.3 is 15.4 Å². The summed E-state index contributed by atoms with van der Waals surface area (Å²) in [6, 6.07) is 10.7. The summed E-state index contributed by atoms with van der Waals surface area (Å²) in [6.45, 7) is 4.60. The first-order valence-electron chi connectivity index (χ1n) is 5.51. The van der Waals surface area contributed by atoms with Gasteiger partial charge in [-0.3, -0.25) is 0 Å². The van der Waals surface area contributed by atoms with Crippen molar-refractivity contribution in [2.75, 3.05) is 26.2 Å². The van der Waals surface area contributed by atoms with E-state index >= 15 is 0 Å². The summed E-state index contributed by atoms with van der Waals surface area (Å²) in [5, 5.41) is 6.76. The van der Waals surface area contributed by atoms with Gasteiger partial charge in [-0.05, 0) is 5.56 Å². The van der Waals surface area contributed by atoms with Crippen LogP contribution in [0.1, 0.15) is 5.56 Å². The Morgan fingerprint density at radius 2 is 1.88 bits per heavy atom. The van der Waals surface area contributed by atoms with E-state index in [0.29, 0.717) is 12.6 Å². The molecule has 1 aliphatic rings. The molecule has 1 fully saturated rings. The molecule has 0 unspecified atom stereocenters. The van der Waals surface area contributed by atoms with Gasteiger partial charge in [0.1, 0.15) is 0 Å². The molecular weight excluding hydrogens is 259 g/mol. The molecule has 0 saturated carbocycles. The van der Waals surface area contributed by atoms with Crippen molar-refractivity contribution in [3.05, 3.63) is 35.9 Å². The maximum atomic E-state index is 5.66. The third-order valence-electron chi connectivity index (χ3n) is 2.56. The van der Waals surface area contributed by atoms with Crippen molar-refractivity contribution in [3.8, 4) is 0 Å². The van der Waals surface area contributed by atoms with Crippen LogP contribution in [0.4, 0.5) is 0 Å². The maximum absolute atomic E-state index is 5.66. The number of ether oxygens (including phenoxy) is 1. The number of nitrogens with one attached hydrogen (secondary N) is 2. The van der Waals surface area contributed by atoms with E-state index in [1.165, 1.54) is 5.56 Å². The van der Waals surface area contributed by atoms with Crippen LogP contribution in [0.15, 0.2) is 30.3 Å². The molecule has 2 N–H and O–H groups in total. The first-order chi connectivity index (χ1) is 7.45. The fraction of sp³-hybridized carbons (Fsp3) is 0.500. The molecule has 0 radical (unpaired) electrons. The van der Waals surface area contributed by atoms with Crippen LogP contribution in [0, 0.1) is 0 Å². The Morgan fingerprint density at radius 1 is 1.12 bits per heavy atom. The van der Waals surface area contributed by atoms with Crippen LogP contribution in [0.5, 0.6) is 0 Å². The van der Waals surface area contributed by atoms with Gasteiger partial charge in [0, 0.05) is 25.7 Å². The molecule has 0 bridgehead atoms. The second-order valence-corrected chi connectivity index (χ2v) is 3.86. The molecule has 0 aliphatic carbocycles. The summed E-state index contributed by atoms with van der Waals surface area (Å²) in [5.41, 5.74) is 1.24. The lowest BCUT2D eigenvalue weighted by molar-refractivity contribution is 0.0945. The van der Waals surface area contributed by atoms with Crippen LogP contribution in [0.2, 0.25) is 0 Å². The third-order valence-corrected chi connectivity index (χ3v) is 2.56. The Labute approximate surface area is 115 Å². The average Bonchev–Trinajstić information content (AvgIpc) is 2.32. The summed E-state index contributed by atoms with van der Waals surface area (Å²) in [7, 11) is 0. The van der Waals surface area contributed by atoms with Crippen LogP contribution in [0.3, 0.4) is 0 Å². The molecule has 2 rings (SSSR count). The zero-order valence-corrected chi connectivity index (χ0v) is 11.4. The highest BCUT2D eigenvalue weighted by molar-refractivity contribution is 5.85. The Kier molecular flexibility index (Phi) is 9.50. The average molecular weight is 279 g/mol. The number of hydrogen-bond acceptors (Lipinski definition) is 3. The van der Waals surface area contributed by atoms with E-state index in [9.17, 15) is 0 Å². The largest absolute Gasteiger partial charge is 0.375 e. The molecule has 1 atom stereocenters. The molecular formula is C12H20Cl2N2O. The molecule has 98 valence electrons. The normalized spacial score (nSPS) is 18.9. The highest BCUT2D eigenvalue weighted by atomic mass is 35.5. The molecule has 0 amide bonds. The molecule has 0 aromatic heterocycles. The Morgan fingerprint density at radius 3 is 2.53 bits per heavy atom. The van der Waals surface area contributed by atoms with Crippen molar-refractivity contribution >= 4 is 24.8 Å². The third kappa shape index (κ3) is 6.24. The van der Waals surface area contributed by atoms with Crippen molar-refractivity contribution in [1.29, 1.82) is 0 Å². The van der Waals surface area contributed by atoms with Crippen molar-refractivity contribution in [2.24, 2.45) is 0 Å². The number of rotatable bonds is 4. The van der Waals surface area contributed by atoms with E-state index in [0.717, 1.165) is 26.2 Å². The van der Waals surface area contributed by atoms with Gasteiger partial charge in [-0.1, -0.05) is 30.3 Å². The summed E-state index contributed by atoms with van der Waals surface area (Å²) in [4.78, 5) is 0. The minimum atomic E-state index is 0.